The number of nitrogens with one attached hydrogen (secondary N) is 1. The van der Waals surface area contributed by atoms with Crippen molar-refractivity contribution in [3.63, 3.8) is 0 Å². The average Bonchev–Trinajstić information content (AvgIpc) is 2.45. The van der Waals surface area contributed by atoms with Gasteiger partial charge in [0.25, 0.3) is 0 Å². The van der Waals surface area contributed by atoms with Gasteiger partial charge in [-0.1, -0.05) is 0 Å². The SMILES string of the molecule is CSCC(C)(O)CNCc1cc(C)c(Br)s1. The molecule has 0 spiro atoms. The summed E-state index contributed by atoms with van der Waals surface area (Å²) in [6.07, 6.45) is 2.01. The lowest BCUT2D eigenvalue weighted by atomic mass is 10.1. The first-order valence-electron chi connectivity index (χ1n) is 5.11. The number of hydrogen-bond acceptors (Lipinski definition) is 4. The minimum atomic E-state index is -0.622. The molecule has 0 saturated heterocycles. The van der Waals surface area contributed by atoms with E-state index in [-0.39, 0.29) is 0 Å². The predicted molar refractivity (Wildman–Crippen MR) is 77.5 cm³/mol. The van der Waals surface area contributed by atoms with Crippen molar-refractivity contribution in [1.29, 1.82) is 0 Å². The molecule has 1 atom stereocenters. The zero-order chi connectivity index (χ0) is 12.2. The molecule has 0 aliphatic heterocycles. The van der Waals surface area contributed by atoms with Gasteiger partial charge in [-0.2, -0.15) is 11.8 Å². The molecular formula is C11H18BrNOS2. The first-order valence-corrected chi connectivity index (χ1v) is 8.12. The number of rotatable bonds is 6. The number of halogens is 1. The van der Waals surface area contributed by atoms with Gasteiger partial charge in [0.05, 0.1) is 9.39 Å². The van der Waals surface area contributed by atoms with Gasteiger partial charge in [0.2, 0.25) is 0 Å². The highest BCUT2D eigenvalue weighted by Gasteiger charge is 2.18. The standard InChI is InChI=1S/C11H18BrNOS2/c1-8-4-9(16-10(8)12)5-13-6-11(2,14)7-15-3/h4,13-14H,5-7H2,1-3H3. The van der Waals surface area contributed by atoms with Gasteiger partial charge in [0.15, 0.2) is 0 Å². The van der Waals surface area contributed by atoms with Gasteiger partial charge >= 0.3 is 0 Å². The van der Waals surface area contributed by atoms with Crippen molar-refractivity contribution in [2.45, 2.75) is 26.0 Å². The van der Waals surface area contributed by atoms with E-state index in [2.05, 4.69) is 34.2 Å². The van der Waals surface area contributed by atoms with Crippen LogP contribution < -0.4 is 5.32 Å². The molecule has 1 heterocycles. The molecule has 16 heavy (non-hydrogen) atoms. The van der Waals surface area contributed by atoms with Gasteiger partial charge in [0, 0.05) is 23.7 Å². The average molecular weight is 324 g/mol. The fourth-order valence-corrected chi connectivity index (χ4v) is 3.75. The van der Waals surface area contributed by atoms with E-state index >= 15 is 0 Å². The second-order valence-electron chi connectivity index (χ2n) is 4.20. The van der Waals surface area contributed by atoms with Crippen LogP contribution in [0, 0.1) is 6.92 Å². The Morgan fingerprint density at radius 1 is 1.62 bits per heavy atom. The van der Waals surface area contributed by atoms with Crippen LogP contribution in [0.3, 0.4) is 0 Å². The van der Waals surface area contributed by atoms with E-state index in [1.807, 2.05) is 13.2 Å². The van der Waals surface area contributed by atoms with Crippen molar-refractivity contribution in [3.8, 4) is 0 Å². The fourth-order valence-electron chi connectivity index (χ4n) is 1.43. The van der Waals surface area contributed by atoms with Gasteiger partial charge in [-0.25, -0.2) is 0 Å². The van der Waals surface area contributed by atoms with E-state index in [4.69, 9.17) is 0 Å². The van der Waals surface area contributed by atoms with Crippen molar-refractivity contribution in [3.05, 3.63) is 20.3 Å². The van der Waals surface area contributed by atoms with Crippen LogP contribution in [0.5, 0.6) is 0 Å². The topological polar surface area (TPSA) is 32.3 Å². The van der Waals surface area contributed by atoms with E-state index < -0.39 is 5.60 Å². The highest BCUT2D eigenvalue weighted by molar-refractivity contribution is 9.11. The Morgan fingerprint density at radius 3 is 2.81 bits per heavy atom. The second kappa shape index (κ2) is 6.40. The third-order valence-corrected chi connectivity index (χ3v) is 5.22. The van der Waals surface area contributed by atoms with Gasteiger partial charge < -0.3 is 10.4 Å². The lowest BCUT2D eigenvalue weighted by Gasteiger charge is -2.22. The Labute approximate surface area is 114 Å². The Balaban J connectivity index is 2.35. The summed E-state index contributed by atoms with van der Waals surface area (Å²) in [6.45, 7) is 5.41. The summed E-state index contributed by atoms with van der Waals surface area (Å²) in [5.41, 5.74) is 0.654. The molecule has 2 N–H and O–H groups in total. The molecular weight excluding hydrogens is 306 g/mol. The van der Waals surface area contributed by atoms with Crippen LogP contribution in [0.2, 0.25) is 0 Å². The van der Waals surface area contributed by atoms with Crippen molar-refractivity contribution in [2.24, 2.45) is 0 Å². The van der Waals surface area contributed by atoms with E-state index in [9.17, 15) is 5.11 Å². The molecule has 2 nitrogen and oxygen atoms in total. The molecule has 0 saturated carbocycles. The molecule has 0 radical (unpaired) electrons. The number of aliphatic hydroxyl groups is 1. The maximum atomic E-state index is 9.96. The van der Waals surface area contributed by atoms with E-state index in [0.717, 1.165) is 12.3 Å². The van der Waals surface area contributed by atoms with Crippen LogP contribution in [-0.2, 0) is 6.54 Å². The van der Waals surface area contributed by atoms with Crippen LogP contribution in [-0.4, -0.2) is 29.3 Å². The third-order valence-electron chi connectivity index (χ3n) is 2.17. The lowest BCUT2D eigenvalue weighted by molar-refractivity contribution is 0.0846. The van der Waals surface area contributed by atoms with Crippen molar-refractivity contribution < 1.29 is 5.11 Å². The Hall–Kier alpha value is 0.450. The predicted octanol–water partition coefficient (Wildman–Crippen LogP) is 3.02. The van der Waals surface area contributed by atoms with Crippen LogP contribution in [0.4, 0.5) is 0 Å². The summed E-state index contributed by atoms with van der Waals surface area (Å²) in [5.74, 6) is 0.757. The molecule has 0 aromatic carbocycles. The minimum Gasteiger partial charge on any atom is -0.388 e. The summed E-state index contributed by atoms with van der Waals surface area (Å²) in [6, 6.07) is 2.17. The Bertz CT molecular complexity index is 319. The number of thioether (sulfide) groups is 1. The first-order chi connectivity index (χ1) is 7.44. The van der Waals surface area contributed by atoms with Crippen molar-refractivity contribution >= 4 is 39.0 Å². The summed E-state index contributed by atoms with van der Waals surface area (Å²) in [5, 5.41) is 13.3. The molecule has 0 aliphatic rings. The van der Waals surface area contributed by atoms with Crippen LogP contribution in [0.15, 0.2) is 9.85 Å². The number of hydrogen-bond donors (Lipinski definition) is 2. The van der Waals surface area contributed by atoms with Crippen molar-refractivity contribution in [2.75, 3.05) is 18.6 Å². The van der Waals surface area contributed by atoms with Gasteiger partial charge in [0.1, 0.15) is 0 Å². The van der Waals surface area contributed by atoms with E-state index in [0.29, 0.717) is 6.54 Å². The molecule has 0 bridgehead atoms. The molecule has 1 unspecified atom stereocenters. The zero-order valence-corrected chi connectivity index (χ0v) is 13.1. The van der Waals surface area contributed by atoms with Crippen LogP contribution in [0.25, 0.3) is 0 Å². The van der Waals surface area contributed by atoms with Gasteiger partial charge in [-0.05, 0) is 47.7 Å². The normalized spacial score (nSPS) is 15.1. The Kier molecular flexibility index (Phi) is 5.81. The van der Waals surface area contributed by atoms with Gasteiger partial charge in [-0.15, -0.1) is 11.3 Å². The third kappa shape index (κ3) is 4.75. The highest BCUT2D eigenvalue weighted by atomic mass is 79.9. The largest absolute Gasteiger partial charge is 0.388 e. The second-order valence-corrected chi connectivity index (χ2v) is 7.52. The maximum Gasteiger partial charge on any atom is 0.0833 e. The van der Waals surface area contributed by atoms with Crippen LogP contribution in [0.1, 0.15) is 17.4 Å². The molecule has 0 amide bonds. The maximum absolute atomic E-state index is 9.96. The summed E-state index contributed by atoms with van der Waals surface area (Å²) >= 11 is 6.92. The molecule has 1 aromatic heterocycles. The van der Waals surface area contributed by atoms with Crippen molar-refractivity contribution in [1.82, 2.24) is 5.32 Å². The number of thiophene rings is 1. The molecule has 1 rings (SSSR count). The molecule has 92 valence electrons. The lowest BCUT2D eigenvalue weighted by Crippen LogP contribution is -2.39. The summed E-state index contributed by atoms with van der Waals surface area (Å²) < 4.78 is 1.19. The summed E-state index contributed by atoms with van der Waals surface area (Å²) in [4.78, 5) is 1.30. The Morgan fingerprint density at radius 2 is 2.31 bits per heavy atom. The van der Waals surface area contributed by atoms with Crippen LogP contribution >= 0.6 is 39.0 Å². The molecule has 0 fully saturated rings. The van der Waals surface area contributed by atoms with Gasteiger partial charge in [-0.3, -0.25) is 0 Å². The monoisotopic (exact) mass is 323 g/mol. The smallest absolute Gasteiger partial charge is 0.0833 e. The minimum absolute atomic E-state index is 0.622. The van der Waals surface area contributed by atoms with E-state index in [1.54, 1.807) is 23.1 Å². The highest BCUT2D eigenvalue weighted by Crippen LogP contribution is 2.27. The number of aryl methyl sites for hydroxylation is 1. The molecule has 1 aromatic rings. The fraction of sp³-hybridized carbons (Fsp3) is 0.636. The molecule has 0 aliphatic carbocycles. The first kappa shape index (κ1) is 14.5. The quantitative estimate of drug-likeness (QED) is 0.844. The summed E-state index contributed by atoms with van der Waals surface area (Å²) in [7, 11) is 0. The van der Waals surface area contributed by atoms with E-state index in [1.165, 1.54) is 14.2 Å². The zero-order valence-electron chi connectivity index (χ0n) is 9.84. The molecule has 5 heteroatoms.